The molecule has 2 amide bonds. The number of hydrogen-bond acceptors (Lipinski definition) is 5. The topological polar surface area (TPSA) is 85.6 Å². The summed E-state index contributed by atoms with van der Waals surface area (Å²) in [5, 5.41) is 23.1. The predicted molar refractivity (Wildman–Crippen MR) is 142 cm³/mol. The Morgan fingerprint density at radius 3 is 1.61 bits per heavy atom. The van der Waals surface area contributed by atoms with Crippen LogP contribution in [0.4, 0.5) is 11.4 Å². The molecule has 3 aromatic carbocycles. The predicted octanol–water partition coefficient (Wildman–Crippen LogP) is 5.86. The van der Waals surface area contributed by atoms with E-state index in [1.807, 2.05) is 0 Å². The Labute approximate surface area is 218 Å². The molecular weight excluding hydrogens is 499 g/mol. The Kier molecular flexibility index (Phi) is 6.28. The summed E-state index contributed by atoms with van der Waals surface area (Å²) in [7, 11) is 0. The first kappa shape index (κ1) is 24.0. The van der Waals surface area contributed by atoms with Crippen LogP contribution in [0.5, 0.6) is 5.75 Å². The second-order valence-electron chi connectivity index (χ2n) is 8.81. The van der Waals surface area contributed by atoms with Crippen LogP contribution in [0.1, 0.15) is 25.3 Å². The number of anilines is 2. The van der Waals surface area contributed by atoms with Gasteiger partial charge in [0.1, 0.15) is 5.75 Å². The van der Waals surface area contributed by atoms with E-state index in [0.29, 0.717) is 38.4 Å². The fourth-order valence-corrected chi connectivity index (χ4v) is 5.08. The van der Waals surface area contributed by atoms with Gasteiger partial charge in [0.25, 0.3) is 11.8 Å². The van der Waals surface area contributed by atoms with Crippen molar-refractivity contribution in [2.75, 3.05) is 10.0 Å². The van der Waals surface area contributed by atoms with Gasteiger partial charge in [0.2, 0.25) is 0 Å². The van der Waals surface area contributed by atoms with Crippen molar-refractivity contribution >= 4 is 57.8 Å². The zero-order valence-corrected chi connectivity index (χ0v) is 21.0. The van der Waals surface area contributed by atoms with Crippen LogP contribution in [-0.2, 0) is 9.59 Å². The van der Waals surface area contributed by atoms with Crippen molar-refractivity contribution in [1.29, 1.82) is 0 Å². The number of nitrogens with zero attached hydrogens (tertiary/aromatic N) is 4. The Bertz CT molecular complexity index is 1320. The zero-order chi connectivity index (χ0) is 25.6. The average molecular weight is 521 g/mol. The molecule has 0 aromatic heterocycles. The summed E-state index contributed by atoms with van der Waals surface area (Å²) in [5.74, 6) is -2.62. The van der Waals surface area contributed by atoms with Crippen LogP contribution < -0.4 is 10.0 Å². The Hall–Kier alpha value is -3.68. The summed E-state index contributed by atoms with van der Waals surface area (Å²) in [5.41, 5.74) is 2.92. The number of phenolic OH excluding ortho intramolecular Hbond substituents is 1. The molecule has 2 heterocycles. The SMILES string of the molecule is CC1=NN(c2ccc(Cl)cc2)C(=O)C1C(c1cccc(O)c1)C1C(=O)N(c2ccc(Cl)cc2)N=C1C. The minimum absolute atomic E-state index is 0.0432. The molecule has 9 heteroatoms. The Balaban J connectivity index is 1.56. The molecule has 0 saturated heterocycles. The van der Waals surface area contributed by atoms with Gasteiger partial charge in [0.05, 0.1) is 23.2 Å². The molecule has 2 unspecified atom stereocenters. The lowest BCUT2D eigenvalue weighted by Gasteiger charge is -2.28. The van der Waals surface area contributed by atoms with Gasteiger partial charge in [-0.05, 0) is 80.1 Å². The number of halogens is 2. The minimum Gasteiger partial charge on any atom is -0.508 e. The van der Waals surface area contributed by atoms with Gasteiger partial charge in [-0.2, -0.15) is 10.2 Å². The van der Waals surface area contributed by atoms with Crippen molar-refractivity contribution in [1.82, 2.24) is 0 Å². The molecule has 3 aromatic rings. The van der Waals surface area contributed by atoms with Gasteiger partial charge in [0.15, 0.2) is 0 Å². The van der Waals surface area contributed by atoms with Crippen LogP contribution >= 0.6 is 23.2 Å². The van der Waals surface area contributed by atoms with Gasteiger partial charge in [-0.3, -0.25) is 9.59 Å². The van der Waals surface area contributed by atoms with Crippen LogP contribution in [0.25, 0.3) is 0 Å². The number of amides is 2. The lowest BCUT2D eigenvalue weighted by atomic mass is 9.73. The molecule has 182 valence electrons. The molecular formula is C27H22Cl2N4O3. The quantitative estimate of drug-likeness (QED) is 0.457. The first-order valence-corrected chi connectivity index (χ1v) is 12.1. The van der Waals surface area contributed by atoms with Gasteiger partial charge in [-0.15, -0.1) is 0 Å². The highest BCUT2D eigenvalue weighted by Gasteiger charge is 2.50. The molecule has 0 aliphatic carbocycles. The van der Waals surface area contributed by atoms with Crippen LogP contribution in [0.2, 0.25) is 10.0 Å². The van der Waals surface area contributed by atoms with Gasteiger partial charge in [-0.25, -0.2) is 10.0 Å². The summed E-state index contributed by atoms with van der Waals surface area (Å²) in [6.07, 6.45) is 0. The average Bonchev–Trinajstić information content (AvgIpc) is 3.31. The van der Waals surface area contributed by atoms with Crippen LogP contribution in [0, 0.1) is 11.8 Å². The number of carbonyl (C=O) groups is 2. The number of aromatic hydroxyl groups is 1. The third-order valence-corrected chi connectivity index (χ3v) is 6.98. The fraction of sp³-hybridized carbons (Fsp3) is 0.185. The van der Waals surface area contributed by atoms with Crippen molar-refractivity contribution in [3.8, 4) is 5.75 Å². The fourth-order valence-electron chi connectivity index (χ4n) is 4.83. The van der Waals surface area contributed by atoms with Crippen LogP contribution in [-0.4, -0.2) is 28.3 Å². The number of benzene rings is 3. The molecule has 0 spiro atoms. The molecule has 7 nitrogen and oxygen atoms in total. The zero-order valence-electron chi connectivity index (χ0n) is 19.5. The van der Waals surface area contributed by atoms with Crippen molar-refractivity contribution in [3.05, 3.63) is 88.4 Å². The third kappa shape index (κ3) is 4.25. The van der Waals surface area contributed by atoms with E-state index < -0.39 is 17.8 Å². The number of hydrazone groups is 2. The molecule has 0 bridgehead atoms. The normalized spacial score (nSPS) is 20.6. The first-order chi connectivity index (χ1) is 17.2. The van der Waals surface area contributed by atoms with E-state index in [1.165, 1.54) is 10.0 Å². The minimum atomic E-state index is -0.744. The standard InChI is InChI=1S/C27H22Cl2N4O3/c1-15-23(26(35)32(30-15)20-10-6-18(28)7-11-20)25(17-4-3-5-22(34)14-17)24-16(2)31-33(27(24)36)21-12-8-19(29)9-13-21/h3-14,23-25,34H,1-2H3. The molecule has 0 radical (unpaired) electrons. The maximum Gasteiger partial charge on any atom is 0.256 e. The molecule has 5 rings (SSSR count). The molecule has 2 aliphatic heterocycles. The van der Waals surface area contributed by atoms with Gasteiger partial charge >= 0.3 is 0 Å². The number of hydrogen-bond donors (Lipinski definition) is 1. The summed E-state index contributed by atoms with van der Waals surface area (Å²) >= 11 is 12.0. The summed E-state index contributed by atoms with van der Waals surface area (Å²) in [6.45, 7) is 3.55. The molecule has 0 fully saturated rings. The Morgan fingerprint density at radius 1 is 0.750 bits per heavy atom. The molecule has 0 saturated carbocycles. The van der Waals surface area contributed by atoms with Gasteiger partial charge < -0.3 is 5.11 Å². The lowest BCUT2D eigenvalue weighted by molar-refractivity contribution is -0.122. The number of carbonyl (C=O) groups excluding carboxylic acids is 2. The highest BCUT2D eigenvalue weighted by atomic mass is 35.5. The van der Waals surface area contributed by atoms with E-state index in [-0.39, 0.29) is 17.6 Å². The van der Waals surface area contributed by atoms with Crippen molar-refractivity contribution in [2.24, 2.45) is 22.0 Å². The van der Waals surface area contributed by atoms with Crippen molar-refractivity contribution < 1.29 is 14.7 Å². The second kappa shape index (κ2) is 9.41. The highest BCUT2D eigenvalue weighted by molar-refractivity contribution is 6.31. The highest BCUT2D eigenvalue weighted by Crippen LogP contribution is 2.43. The lowest BCUT2D eigenvalue weighted by Crippen LogP contribution is -2.40. The van der Waals surface area contributed by atoms with Crippen molar-refractivity contribution in [2.45, 2.75) is 19.8 Å². The van der Waals surface area contributed by atoms with E-state index in [2.05, 4.69) is 10.2 Å². The maximum atomic E-state index is 13.8. The largest absolute Gasteiger partial charge is 0.508 e. The van der Waals surface area contributed by atoms with E-state index in [0.717, 1.165) is 0 Å². The van der Waals surface area contributed by atoms with Crippen molar-refractivity contribution in [3.63, 3.8) is 0 Å². The molecule has 2 aliphatic rings. The third-order valence-electron chi connectivity index (χ3n) is 6.48. The number of rotatable bonds is 5. The van der Waals surface area contributed by atoms with E-state index in [4.69, 9.17) is 23.2 Å². The van der Waals surface area contributed by atoms with E-state index >= 15 is 0 Å². The molecule has 36 heavy (non-hydrogen) atoms. The van der Waals surface area contributed by atoms with E-state index in [1.54, 1.807) is 86.6 Å². The summed E-state index contributed by atoms with van der Waals surface area (Å²) in [4.78, 5) is 27.6. The maximum absolute atomic E-state index is 13.8. The van der Waals surface area contributed by atoms with Crippen LogP contribution in [0.15, 0.2) is 83.0 Å². The van der Waals surface area contributed by atoms with Gasteiger partial charge in [0, 0.05) is 27.4 Å². The monoisotopic (exact) mass is 520 g/mol. The first-order valence-electron chi connectivity index (χ1n) is 11.3. The molecule has 2 atom stereocenters. The second-order valence-corrected chi connectivity index (χ2v) is 9.68. The molecule has 1 N–H and O–H groups in total. The number of phenols is 1. The summed E-state index contributed by atoms with van der Waals surface area (Å²) in [6, 6.07) is 20.3. The summed E-state index contributed by atoms with van der Waals surface area (Å²) < 4.78 is 0. The Morgan fingerprint density at radius 2 is 1.19 bits per heavy atom. The van der Waals surface area contributed by atoms with Gasteiger partial charge in [-0.1, -0.05) is 35.3 Å². The van der Waals surface area contributed by atoms with E-state index in [9.17, 15) is 14.7 Å². The smallest absolute Gasteiger partial charge is 0.256 e. The van der Waals surface area contributed by atoms with Crippen LogP contribution in [0.3, 0.4) is 0 Å².